The minimum atomic E-state index is -0.233. The average Bonchev–Trinajstić information content (AvgIpc) is 2.86. The lowest BCUT2D eigenvalue weighted by Gasteiger charge is -2.28. The van der Waals surface area contributed by atoms with Crippen LogP contribution in [0.2, 0.25) is 0 Å². The van der Waals surface area contributed by atoms with E-state index in [2.05, 4.69) is 20.3 Å². The van der Waals surface area contributed by atoms with E-state index < -0.39 is 0 Å². The Morgan fingerprint density at radius 2 is 1.80 bits per heavy atom. The lowest BCUT2D eigenvalue weighted by Crippen LogP contribution is -2.48. The smallest absolute Gasteiger partial charge is 0.260 e. The number of fused-ring (bicyclic) bond motifs is 1. The van der Waals surface area contributed by atoms with E-state index in [0.717, 1.165) is 46.6 Å². The zero-order valence-electron chi connectivity index (χ0n) is 20.2. The van der Waals surface area contributed by atoms with Gasteiger partial charge in [-0.3, -0.25) is 19.1 Å². The first-order valence-corrected chi connectivity index (χ1v) is 11.8. The first-order chi connectivity index (χ1) is 16.9. The average molecular weight is 469 g/mol. The van der Waals surface area contributed by atoms with Crippen LogP contribution in [0.4, 0.5) is 0 Å². The van der Waals surface area contributed by atoms with Crippen molar-refractivity contribution in [3.63, 3.8) is 0 Å². The zero-order valence-corrected chi connectivity index (χ0v) is 20.2. The second-order valence-electron chi connectivity index (χ2n) is 8.97. The summed E-state index contributed by atoms with van der Waals surface area (Å²) in [5.74, 6) is 0.472. The molecule has 1 fully saturated rings. The predicted octanol–water partition coefficient (Wildman–Crippen LogP) is 2.88. The highest BCUT2D eigenvalue weighted by molar-refractivity contribution is 5.84. The van der Waals surface area contributed by atoms with Gasteiger partial charge in [0.05, 0.1) is 5.69 Å². The van der Waals surface area contributed by atoms with Gasteiger partial charge in [-0.25, -0.2) is 9.97 Å². The molecule has 0 spiro atoms. The summed E-state index contributed by atoms with van der Waals surface area (Å²) in [5, 5.41) is 3.97. The van der Waals surface area contributed by atoms with Crippen molar-refractivity contribution in [2.75, 3.05) is 26.2 Å². The van der Waals surface area contributed by atoms with Crippen molar-refractivity contribution in [1.29, 1.82) is 0 Å². The Labute approximate surface area is 203 Å². The fraction of sp³-hybridized carbons (Fsp3) is 0.296. The third-order valence-electron chi connectivity index (χ3n) is 6.41. The predicted molar refractivity (Wildman–Crippen MR) is 136 cm³/mol. The van der Waals surface area contributed by atoms with Gasteiger partial charge in [-0.05, 0) is 56.2 Å². The van der Waals surface area contributed by atoms with Crippen LogP contribution >= 0.6 is 0 Å². The fourth-order valence-electron chi connectivity index (χ4n) is 4.56. The molecule has 0 unspecified atom stereocenters. The highest BCUT2D eigenvalue weighted by atomic mass is 16.2. The third-order valence-corrected chi connectivity index (χ3v) is 6.41. The quantitative estimate of drug-likeness (QED) is 0.495. The van der Waals surface area contributed by atoms with Crippen molar-refractivity contribution in [3.05, 3.63) is 76.1 Å². The number of rotatable bonds is 4. The Kier molecular flexibility index (Phi) is 6.13. The molecule has 1 aliphatic heterocycles. The van der Waals surface area contributed by atoms with E-state index in [1.165, 1.54) is 4.57 Å². The Morgan fingerprint density at radius 3 is 2.54 bits per heavy atom. The fourth-order valence-corrected chi connectivity index (χ4v) is 4.56. The van der Waals surface area contributed by atoms with Crippen LogP contribution in [0, 0.1) is 20.8 Å². The standard InChI is InChI=1S/C27H28N6O2/c1-17-13-20(24-6-4-5-18(2)30-24)7-8-22(17)23-14-21-15-29-19(3)31-26(21)33(27(23)35)16-25(34)32-11-9-28-10-12-32/h4-8,13-15,28H,9-12,16H2,1-3H3. The molecule has 8 nitrogen and oxygen atoms in total. The molecule has 8 heteroatoms. The van der Waals surface area contributed by atoms with Crippen molar-refractivity contribution in [2.45, 2.75) is 27.3 Å². The van der Waals surface area contributed by atoms with E-state index in [1.807, 2.05) is 56.3 Å². The second-order valence-corrected chi connectivity index (χ2v) is 8.97. The molecule has 5 rings (SSSR count). The molecule has 4 heterocycles. The van der Waals surface area contributed by atoms with Crippen LogP contribution in [0.15, 0.2) is 53.5 Å². The molecule has 178 valence electrons. The SMILES string of the molecule is Cc1cccc(-c2ccc(-c3cc4cnc(C)nc4n(CC(=O)N4CCNCC4)c3=O)c(C)c2)n1. The lowest BCUT2D eigenvalue weighted by atomic mass is 9.97. The number of pyridine rings is 2. The highest BCUT2D eigenvalue weighted by Gasteiger charge is 2.21. The van der Waals surface area contributed by atoms with E-state index in [0.29, 0.717) is 30.1 Å². The molecule has 1 aliphatic rings. The van der Waals surface area contributed by atoms with E-state index in [9.17, 15) is 9.59 Å². The first-order valence-electron chi connectivity index (χ1n) is 11.8. The zero-order chi connectivity index (χ0) is 24.5. The molecular weight excluding hydrogens is 440 g/mol. The Morgan fingerprint density at radius 1 is 1.00 bits per heavy atom. The summed E-state index contributed by atoms with van der Waals surface area (Å²) in [6, 6.07) is 13.7. The molecule has 4 aromatic rings. The van der Waals surface area contributed by atoms with Crippen molar-refractivity contribution >= 4 is 16.9 Å². The number of hydrogen-bond donors (Lipinski definition) is 1. The number of aromatic nitrogens is 4. The largest absolute Gasteiger partial charge is 0.339 e. The van der Waals surface area contributed by atoms with Gasteiger partial charge < -0.3 is 10.2 Å². The summed E-state index contributed by atoms with van der Waals surface area (Å²) < 4.78 is 1.50. The van der Waals surface area contributed by atoms with Crippen molar-refractivity contribution in [1.82, 2.24) is 29.7 Å². The summed E-state index contributed by atoms with van der Waals surface area (Å²) in [5.41, 5.74) is 5.37. The van der Waals surface area contributed by atoms with E-state index in [-0.39, 0.29) is 18.0 Å². The topological polar surface area (TPSA) is 93.0 Å². The molecule has 35 heavy (non-hydrogen) atoms. The van der Waals surface area contributed by atoms with Gasteiger partial charge in [-0.2, -0.15) is 0 Å². The van der Waals surface area contributed by atoms with Crippen LogP contribution in [-0.2, 0) is 11.3 Å². The normalized spacial score (nSPS) is 13.9. The lowest BCUT2D eigenvalue weighted by molar-refractivity contribution is -0.132. The Balaban J connectivity index is 1.60. The monoisotopic (exact) mass is 468 g/mol. The van der Waals surface area contributed by atoms with Gasteiger partial charge in [0, 0.05) is 54.6 Å². The van der Waals surface area contributed by atoms with Crippen LogP contribution < -0.4 is 10.9 Å². The summed E-state index contributed by atoms with van der Waals surface area (Å²) in [4.78, 5) is 42.1. The van der Waals surface area contributed by atoms with Gasteiger partial charge in [0.1, 0.15) is 18.0 Å². The van der Waals surface area contributed by atoms with E-state index in [1.54, 1.807) is 18.0 Å². The first kappa shape index (κ1) is 22.9. The number of amides is 1. The maximum absolute atomic E-state index is 13.8. The Bertz CT molecular complexity index is 1490. The number of piperazine rings is 1. The van der Waals surface area contributed by atoms with Crippen molar-refractivity contribution in [2.24, 2.45) is 0 Å². The molecule has 0 aliphatic carbocycles. The molecule has 0 atom stereocenters. The minimum Gasteiger partial charge on any atom is -0.339 e. The van der Waals surface area contributed by atoms with Gasteiger partial charge in [-0.15, -0.1) is 0 Å². The van der Waals surface area contributed by atoms with Gasteiger partial charge in [-0.1, -0.05) is 18.2 Å². The summed E-state index contributed by atoms with van der Waals surface area (Å²) in [7, 11) is 0. The number of benzene rings is 1. The Hall–Kier alpha value is -3.91. The van der Waals surface area contributed by atoms with Crippen LogP contribution in [0.1, 0.15) is 17.1 Å². The van der Waals surface area contributed by atoms with Gasteiger partial charge in [0.2, 0.25) is 5.91 Å². The number of nitrogens with zero attached hydrogens (tertiary/aromatic N) is 5. The maximum atomic E-state index is 13.8. The van der Waals surface area contributed by atoms with Crippen molar-refractivity contribution in [3.8, 4) is 22.4 Å². The number of carbonyl (C=O) groups is 1. The molecule has 0 saturated carbocycles. The molecule has 1 saturated heterocycles. The molecule has 1 N–H and O–H groups in total. The van der Waals surface area contributed by atoms with Crippen LogP contribution in [0.3, 0.4) is 0 Å². The molecule has 0 bridgehead atoms. The van der Waals surface area contributed by atoms with Gasteiger partial charge >= 0.3 is 0 Å². The molecule has 0 radical (unpaired) electrons. The van der Waals surface area contributed by atoms with Gasteiger partial charge in [0.15, 0.2) is 0 Å². The third kappa shape index (κ3) is 4.57. The molecular formula is C27H28N6O2. The molecule has 3 aromatic heterocycles. The summed E-state index contributed by atoms with van der Waals surface area (Å²) in [6.07, 6.45) is 1.72. The maximum Gasteiger partial charge on any atom is 0.260 e. The number of carbonyl (C=O) groups excluding carboxylic acids is 1. The van der Waals surface area contributed by atoms with Crippen LogP contribution in [0.5, 0.6) is 0 Å². The number of aryl methyl sites for hydroxylation is 3. The highest BCUT2D eigenvalue weighted by Crippen LogP contribution is 2.28. The molecule has 1 aromatic carbocycles. The van der Waals surface area contributed by atoms with E-state index >= 15 is 0 Å². The van der Waals surface area contributed by atoms with E-state index in [4.69, 9.17) is 0 Å². The van der Waals surface area contributed by atoms with Gasteiger partial charge in [0.25, 0.3) is 5.56 Å². The summed E-state index contributed by atoms with van der Waals surface area (Å²) >= 11 is 0. The second kappa shape index (κ2) is 9.38. The number of nitrogens with one attached hydrogen (secondary N) is 1. The van der Waals surface area contributed by atoms with Crippen LogP contribution in [0.25, 0.3) is 33.4 Å². The molecule has 1 amide bonds. The summed E-state index contributed by atoms with van der Waals surface area (Å²) in [6.45, 7) is 8.45. The number of hydrogen-bond acceptors (Lipinski definition) is 6. The van der Waals surface area contributed by atoms with Crippen LogP contribution in [-0.4, -0.2) is 56.5 Å². The minimum absolute atomic E-state index is 0.0516. The van der Waals surface area contributed by atoms with Crippen molar-refractivity contribution < 1.29 is 4.79 Å².